The quantitative estimate of drug-likeness (QED) is 0.322. The van der Waals surface area contributed by atoms with Gasteiger partial charge in [-0.1, -0.05) is 21.9 Å². The maximum atomic E-state index is 10.6. The summed E-state index contributed by atoms with van der Waals surface area (Å²) < 4.78 is 4.50. The zero-order valence-corrected chi connectivity index (χ0v) is 8.82. The molecule has 0 heterocycles. The highest BCUT2D eigenvalue weighted by atomic mass is 79.9. The van der Waals surface area contributed by atoms with Gasteiger partial charge in [0.2, 0.25) is 0 Å². The van der Waals surface area contributed by atoms with Crippen LogP contribution in [0.5, 0.6) is 0 Å². The van der Waals surface area contributed by atoms with Crippen LogP contribution in [0.1, 0.15) is 25.7 Å². The van der Waals surface area contributed by atoms with E-state index in [2.05, 4.69) is 32.5 Å². The Morgan fingerprint density at radius 3 is 2.75 bits per heavy atom. The van der Waals surface area contributed by atoms with Crippen molar-refractivity contribution in [2.24, 2.45) is 0 Å². The minimum absolute atomic E-state index is 0.136. The highest BCUT2D eigenvalue weighted by molar-refractivity contribution is 9.09. The van der Waals surface area contributed by atoms with Crippen molar-refractivity contribution in [2.75, 3.05) is 12.4 Å². The summed E-state index contributed by atoms with van der Waals surface area (Å²) in [5.74, 6) is 5.74. The van der Waals surface area contributed by atoms with Gasteiger partial charge >= 0.3 is 5.97 Å². The van der Waals surface area contributed by atoms with Gasteiger partial charge in [-0.2, -0.15) is 0 Å². The molecule has 0 bridgehead atoms. The normalized spacial score (nSPS) is 8.50. The van der Waals surface area contributed by atoms with Crippen molar-refractivity contribution in [1.29, 1.82) is 0 Å². The monoisotopic (exact) mass is 232 g/mol. The van der Waals surface area contributed by atoms with Crippen molar-refractivity contribution in [3.8, 4) is 11.8 Å². The van der Waals surface area contributed by atoms with Gasteiger partial charge in [0, 0.05) is 12.8 Å². The lowest BCUT2D eigenvalue weighted by Gasteiger charge is -1.95. The fourth-order valence-electron chi connectivity index (χ4n) is 0.720. The van der Waals surface area contributed by atoms with Crippen LogP contribution < -0.4 is 0 Å². The molecule has 0 fully saturated rings. The Morgan fingerprint density at radius 2 is 2.17 bits per heavy atom. The summed E-state index contributed by atoms with van der Waals surface area (Å²) >= 11 is 3.21. The molecule has 0 aliphatic rings. The third-order valence-corrected chi connectivity index (χ3v) is 1.63. The molecule has 0 radical (unpaired) electrons. The summed E-state index contributed by atoms with van der Waals surface area (Å²) in [6, 6.07) is 0. The van der Waals surface area contributed by atoms with Gasteiger partial charge in [-0.15, -0.1) is 5.92 Å². The number of esters is 1. The molecule has 0 saturated carbocycles. The molecule has 0 aromatic rings. The molecule has 3 heteroatoms. The van der Waals surface area contributed by atoms with E-state index in [9.17, 15) is 4.79 Å². The molecule has 0 spiro atoms. The molecule has 68 valence electrons. The van der Waals surface area contributed by atoms with Gasteiger partial charge in [-0.25, -0.2) is 0 Å². The smallest absolute Gasteiger partial charge is 0.305 e. The highest BCUT2D eigenvalue weighted by Gasteiger charge is 1.97. The van der Waals surface area contributed by atoms with Crippen molar-refractivity contribution < 1.29 is 9.53 Å². The number of carbonyl (C=O) groups is 1. The van der Waals surface area contributed by atoms with Crippen LogP contribution in [0.3, 0.4) is 0 Å². The zero-order chi connectivity index (χ0) is 9.23. The van der Waals surface area contributed by atoms with E-state index in [1.807, 2.05) is 0 Å². The first-order valence-corrected chi connectivity index (χ1v) is 5.02. The molecule has 0 atom stereocenters. The maximum absolute atomic E-state index is 10.6. The van der Waals surface area contributed by atoms with E-state index in [-0.39, 0.29) is 5.97 Å². The van der Waals surface area contributed by atoms with Gasteiger partial charge in [0.1, 0.15) is 0 Å². The molecular formula is C9H13BrO2. The van der Waals surface area contributed by atoms with Gasteiger partial charge in [0.15, 0.2) is 0 Å². The summed E-state index contributed by atoms with van der Waals surface area (Å²) in [5, 5.41) is 0.726. The SMILES string of the molecule is COC(=O)CCCCC#CCBr. The molecule has 0 aromatic heterocycles. The first kappa shape index (κ1) is 11.5. The molecule has 0 aromatic carbocycles. The molecule has 0 saturated heterocycles. The van der Waals surface area contributed by atoms with Gasteiger partial charge in [-0.05, 0) is 12.8 Å². The Hall–Kier alpha value is -0.490. The summed E-state index contributed by atoms with van der Waals surface area (Å²) in [5.41, 5.74) is 0. The van der Waals surface area contributed by atoms with Crippen molar-refractivity contribution in [1.82, 2.24) is 0 Å². The van der Waals surface area contributed by atoms with E-state index < -0.39 is 0 Å². The molecule has 0 amide bonds. The van der Waals surface area contributed by atoms with Crippen LogP contribution in [0.15, 0.2) is 0 Å². The standard InChI is InChI=1S/C9H13BrO2/c1-12-9(11)7-5-3-2-4-6-8-10/h2-3,5,7-8H2,1H3. The lowest BCUT2D eigenvalue weighted by molar-refractivity contribution is -0.140. The first-order valence-electron chi connectivity index (χ1n) is 3.89. The fraction of sp³-hybridized carbons (Fsp3) is 0.667. The molecule has 2 nitrogen and oxygen atoms in total. The van der Waals surface area contributed by atoms with Gasteiger partial charge < -0.3 is 4.74 Å². The van der Waals surface area contributed by atoms with E-state index in [1.165, 1.54) is 7.11 Å². The number of ether oxygens (including phenoxy) is 1. The second-order valence-electron chi connectivity index (χ2n) is 2.27. The molecule has 0 unspecified atom stereocenters. The third kappa shape index (κ3) is 7.62. The van der Waals surface area contributed by atoms with Crippen LogP contribution in [0.2, 0.25) is 0 Å². The molecular weight excluding hydrogens is 220 g/mol. The Balaban J connectivity index is 3.16. The van der Waals surface area contributed by atoms with Crippen LogP contribution >= 0.6 is 15.9 Å². The number of carbonyl (C=O) groups excluding carboxylic acids is 1. The van der Waals surface area contributed by atoms with Crippen molar-refractivity contribution in [2.45, 2.75) is 25.7 Å². The number of rotatable bonds is 4. The topological polar surface area (TPSA) is 26.3 Å². The third-order valence-electron chi connectivity index (χ3n) is 1.35. The van der Waals surface area contributed by atoms with E-state index in [4.69, 9.17) is 0 Å². The number of unbranched alkanes of at least 4 members (excludes halogenated alkanes) is 2. The second-order valence-corrected chi connectivity index (χ2v) is 2.83. The number of alkyl halides is 1. The van der Waals surface area contributed by atoms with E-state index in [1.54, 1.807) is 0 Å². The highest BCUT2D eigenvalue weighted by Crippen LogP contribution is 1.99. The van der Waals surface area contributed by atoms with Crippen LogP contribution in [-0.4, -0.2) is 18.4 Å². The first-order chi connectivity index (χ1) is 5.81. The Morgan fingerprint density at radius 1 is 1.42 bits per heavy atom. The molecule has 12 heavy (non-hydrogen) atoms. The van der Waals surface area contributed by atoms with E-state index >= 15 is 0 Å². The minimum Gasteiger partial charge on any atom is -0.469 e. The summed E-state index contributed by atoms with van der Waals surface area (Å²) in [6.07, 6.45) is 3.20. The van der Waals surface area contributed by atoms with E-state index in [0.717, 1.165) is 24.6 Å². The lowest BCUT2D eigenvalue weighted by atomic mass is 10.2. The lowest BCUT2D eigenvalue weighted by Crippen LogP contribution is -1.98. The van der Waals surface area contributed by atoms with Crippen molar-refractivity contribution in [3.05, 3.63) is 0 Å². The average Bonchev–Trinajstić information content (AvgIpc) is 2.10. The minimum atomic E-state index is -0.136. The summed E-state index contributed by atoms with van der Waals surface area (Å²) in [4.78, 5) is 10.6. The van der Waals surface area contributed by atoms with Crippen molar-refractivity contribution >= 4 is 21.9 Å². The number of halogens is 1. The summed E-state index contributed by atoms with van der Waals surface area (Å²) in [7, 11) is 1.41. The average molecular weight is 233 g/mol. The molecule has 0 aliphatic heterocycles. The summed E-state index contributed by atoms with van der Waals surface area (Å²) in [6.45, 7) is 0. The van der Waals surface area contributed by atoms with E-state index in [0.29, 0.717) is 6.42 Å². The maximum Gasteiger partial charge on any atom is 0.305 e. The van der Waals surface area contributed by atoms with Crippen LogP contribution in [0.25, 0.3) is 0 Å². The number of hydrogen-bond donors (Lipinski definition) is 0. The Labute approximate surface area is 81.8 Å². The molecule has 0 rings (SSSR count). The predicted octanol–water partition coefficient (Wildman–Crippen LogP) is 2.12. The molecule has 0 N–H and O–H groups in total. The fourth-order valence-corrected chi connectivity index (χ4v) is 0.919. The van der Waals surface area contributed by atoms with Crippen molar-refractivity contribution in [3.63, 3.8) is 0 Å². The van der Waals surface area contributed by atoms with Gasteiger partial charge in [0.05, 0.1) is 12.4 Å². The van der Waals surface area contributed by atoms with Gasteiger partial charge in [0.25, 0.3) is 0 Å². The Bertz CT molecular complexity index is 179. The number of methoxy groups -OCH3 is 1. The zero-order valence-electron chi connectivity index (χ0n) is 7.23. The second kappa shape index (κ2) is 8.61. The predicted molar refractivity (Wildman–Crippen MR) is 52.1 cm³/mol. The molecule has 0 aliphatic carbocycles. The van der Waals surface area contributed by atoms with Crippen LogP contribution in [-0.2, 0) is 9.53 Å². The van der Waals surface area contributed by atoms with Crippen LogP contribution in [0.4, 0.5) is 0 Å². The largest absolute Gasteiger partial charge is 0.469 e. The number of hydrogen-bond acceptors (Lipinski definition) is 2. The van der Waals surface area contributed by atoms with Crippen LogP contribution in [0, 0.1) is 11.8 Å². The Kier molecular flexibility index (Phi) is 8.25. The van der Waals surface area contributed by atoms with Gasteiger partial charge in [-0.3, -0.25) is 4.79 Å².